The molecule has 1 aromatic carbocycles. The summed E-state index contributed by atoms with van der Waals surface area (Å²) >= 11 is 0. The standard InChI is InChI=1S/C31H33N5O5/c1-5-40-29(37)20-36(21-30(38)41-6-2)35(3)28-11-9-17-33-31(28)27-19-23(22-12-14-24(39-4)15-13-22)18-26(34-27)25-10-7-8-16-32-25/h7-19H,5-6,20-21H2,1-4H3. The summed E-state index contributed by atoms with van der Waals surface area (Å²) in [5.74, 6) is -0.179. The minimum atomic E-state index is -0.467. The van der Waals surface area contributed by atoms with Gasteiger partial charge < -0.3 is 19.2 Å². The number of hydrogen-bond acceptors (Lipinski definition) is 10. The number of ether oxygens (including phenoxy) is 3. The Morgan fingerprint density at radius 1 is 0.756 bits per heavy atom. The topological polar surface area (TPSA) is 107 Å². The fraction of sp³-hybridized carbons (Fsp3) is 0.258. The summed E-state index contributed by atoms with van der Waals surface area (Å²) in [7, 11) is 3.39. The van der Waals surface area contributed by atoms with Gasteiger partial charge in [0.15, 0.2) is 0 Å². The van der Waals surface area contributed by atoms with Crippen molar-refractivity contribution in [3.05, 3.63) is 79.1 Å². The minimum Gasteiger partial charge on any atom is -0.497 e. The second kappa shape index (κ2) is 14.0. The van der Waals surface area contributed by atoms with E-state index in [9.17, 15) is 9.59 Å². The molecule has 0 bridgehead atoms. The van der Waals surface area contributed by atoms with E-state index in [4.69, 9.17) is 19.2 Å². The minimum absolute atomic E-state index is 0.157. The largest absolute Gasteiger partial charge is 0.497 e. The van der Waals surface area contributed by atoms with Crippen LogP contribution in [0.15, 0.2) is 79.1 Å². The van der Waals surface area contributed by atoms with Gasteiger partial charge in [0.1, 0.15) is 24.5 Å². The molecule has 0 saturated heterocycles. The summed E-state index contributed by atoms with van der Waals surface area (Å²) in [4.78, 5) is 39.0. The fourth-order valence-corrected chi connectivity index (χ4v) is 4.23. The highest BCUT2D eigenvalue weighted by Gasteiger charge is 2.24. The van der Waals surface area contributed by atoms with E-state index in [1.807, 2.05) is 60.7 Å². The Bertz CT molecular complexity index is 1440. The molecule has 0 amide bonds. The number of esters is 2. The maximum Gasteiger partial charge on any atom is 0.322 e. The number of methoxy groups -OCH3 is 1. The first-order valence-corrected chi connectivity index (χ1v) is 13.3. The van der Waals surface area contributed by atoms with Gasteiger partial charge in [-0.05, 0) is 73.5 Å². The van der Waals surface area contributed by atoms with Gasteiger partial charge in [-0.1, -0.05) is 18.2 Å². The maximum absolute atomic E-state index is 12.4. The van der Waals surface area contributed by atoms with Crippen molar-refractivity contribution in [2.75, 3.05) is 45.5 Å². The van der Waals surface area contributed by atoms with Crippen LogP contribution in [0.4, 0.5) is 5.69 Å². The zero-order valence-corrected chi connectivity index (χ0v) is 23.6. The van der Waals surface area contributed by atoms with Crippen LogP contribution in [0.2, 0.25) is 0 Å². The SMILES string of the molecule is CCOC(=O)CN(CC(=O)OCC)N(C)c1cccnc1-c1cc(-c2ccc(OC)cc2)cc(-c2ccccn2)n1. The normalized spacial score (nSPS) is 10.8. The van der Waals surface area contributed by atoms with Crippen LogP contribution in [0.3, 0.4) is 0 Å². The van der Waals surface area contributed by atoms with Crippen LogP contribution in [0, 0.1) is 0 Å². The lowest BCUT2D eigenvalue weighted by atomic mass is 10.0. The van der Waals surface area contributed by atoms with E-state index in [0.717, 1.165) is 16.9 Å². The summed E-state index contributed by atoms with van der Waals surface area (Å²) in [6.07, 6.45) is 3.40. The summed E-state index contributed by atoms with van der Waals surface area (Å²) in [5.41, 5.74) is 5.03. The van der Waals surface area contributed by atoms with E-state index < -0.39 is 11.9 Å². The first-order chi connectivity index (χ1) is 19.9. The Hall–Kier alpha value is -4.83. The molecule has 212 valence electrons. The Labute approximate surface area is 239 Å². The third-order valence-corrected chi connectivity index (χ3v) is 6.21. The number of nitrogens with zero attached hydrogens (tertiary/aromatic N) is 5. The molecule has 0 fully saturated rings. The lowest BCUT2D eigenvalue weighted by molar-refractivity contribution is -0.148. The fourth-order valence-electron chi connectivity index (χ4n) is 4.23. The van der Waals surface area contributed by atoms with Gasteiger partial charge >= 0.3 is 11.9 Å². The van der Waals surface area contributed by atoms with Crippen molar-refractivity contribution in [2.45, 2.75) is 13.8 Å². The van der Waals surface area contributed by atoms with Crippen molar-refractivity contribution in [3.8, 4) is 39.7 Å². The summed E-state index contributed by atoms with van der Waals surface area (Å²) in [5, 5.41) is 3.27. The van der Waals surface area contributed by atoms with Gasteiger partial charge in [-0.25, -0.2) is 4.98 Å². The van der Waals surface area contributed by atoms with E-state index >= 15 is 0 Å². The molecule has 3 aromatic heterocycles. The Morgan fingerprint density at radius 3 is 2.02 bits per heavy atom. The molecule has 0 spiro atoms. The number of carbonyl (C=O) groups is 2. The highest BCUT2D eigenvalue weighted by molar-refractivity contribution is 5.81. The molecule has 0 N–H and O–H groups in total. The molecule has 0 aliphatic rings. The highest BCUT2D eigenvalue weighted by atomic mass is 16.5. The second-order valence-corrected chi connectivity index (χ2v) is 8.90. The zero-order chi connectivity index (χ0) is 29.2. The highest BCUT2D eigenvalue weighted by Crippen LogP contribution is 2.33. The number of aromatic nitrogens is 3. The molecule has 0 radical (unpaired) electrons. The van der Waals surface area contributed by atoms with E-state index in [2.05, 4.69) is 9.97 Å². The van der Waals surface area contributed by atoms with E-state index in [1.54, 1.807) is 56.5 Å². The van der Waals surface area contributed by atoms with Gasteiger partial charge in [0.05, 0.1) is 43.1 Å². The molecule has 10 nitrogen and oxygen atoms in total. The van der Waals surface area contributed by atoms with Crippen molar-refractivity contribution in [1.29, 1.82) is 0 Å². The van der Waals surface area contributed by atoms with Crippen molar-refractivity contribution < 1.29 is 23.8 Å². The van der Waals surface area contributed by atoms with Gasteiger partial charge in [0, 0.05) is 19.4 Å². The first kappa shape index (κ1) is 29.2. The Balaban J connectivity index is 1.81. The van der Waals surface area contributed by atoms with Crippen LogP contribution >= 0.6 is 0 Å². The van der Waals surface area contributed by atoms with Crippen LogP contribution < -0.4 is 9.75 Å². The lowest BCUT2D eigenvalue weighted by Crippen LogP contribution is -2.47. The first-order valence-electron chi connectivity index (χ1n) is 13.3. The molecule has 4 aromatic rings. The number of anilines is 1. The molecular weight excluding hydrogens is 522 g/mol. The maximum atomic E-state index is 12.4. The molecule has 0 aliphatic carbocycles. The van der Waals surface area contributed by atoms with Crippen LogP contribution in [0.1, 0.15) is 13.8 Å². The quantitative estimate of drug-likeness (QED) is 0.181. The third kappa shape index (κ3) is 7.43. The summed E-state index contributed by atoms with van der Waals surface area (Å²) in [6, 6.07) is 21.0. The molecule has 41 heavy (non-hydrogen) atoms. The molecule has 0 saturated carbocycles. The molecular formula is C31H33N5O5. The van der Waals surface area contributed by atoms with E-state index in [-0.39, 0.29) is 26.3 Å². The van der Waals surface area contributed by atoms with Crippen LogP contribution in [-0.4, -0.2) is 72.4 Å². The molecule has 4 rings (SSSR count). The zero-order valence-electron chi connectivity index (χ0n) is 23.6. The molecule has 0 unspecified atom stereocenters. The number of rotatable bonds is 12. The monoisotopic (exact) mass is 555 g/mol. The Kier molecular flexibility index (Phi) is 9.95. The average molecular weight is 556 g/mol. The van der Waals surface area contributed by atoms with Gasteiger partial charge in [-0.3, -0.25) is 19.6 Å². The average Bonchev–Trinajstić information content (AvgIpc) is 3.01. The molecule has 0 aliphatic heterocycles. The van der Waals surface area contributed by atoms with Gasteiger partial charge in [-0.15, -0.1) is 0 Å². The number of pyridine rings is 3. The van der Waals surface area contributed by atoms with E-state index in [1.165, 1.54) is 0 Å². The van der Waals surface area contributed by atoms with Crippen molar-refractivity contribution in [3.63, 3.8) is 0 Å². The second-order valence-electron chi connectivity index (χ2n) is 8.90. The van der Waals surface area contributed by atoms with Gasteiger partial charge in [-0.2, -0.15) is 5.01 Å². The van der Waals surface area contributed by atoms with Crippen molar-refractivity contribution in [1.82, 2.24) is 20.0 Å². The van der Waals surface area contributed by atoms with E-state index in [0.29, 0.717) is 28.5 Å². The molecule has 0 atom stereocenters. The number of carbonyl (C=O) groups excluding carboxylic acids is 2. The van der Waals surface area contributed by atoms with Crippen LogP contribution in [-0.2, 0) is 19.1 Å². The number of hydrazine groups is 1. The number of benzene rings is 1. The Morgan fingerprint density at radius 2 is 1.41 bits per heavy atom. The van der Waals surface area contributed by atoms with Gasteiger partial charge in [0.2, 0.25) is 0 Å². The van der Waals surface area contributed by atoms with Crippen molar-refractivity contribution in [2.24, 2.45) is 0 Å². The number of hydrogen-bond donors (Lipinski definition) is 0. The lowest BCUT2D eigenvalue weighted by Gasteiger charge is -2.32. The summed E-state index contributed by atoms with van der Waals surface area (Å²) in [6.45, 7) is 3.61. The summed E-state index contributed by atoms with van der Waals surface area (Å²) < 4.78 is 15.6. The van der Waals surface area contributed by atoms with Gasteiger partial charge in [0.25, 0.3) is 0 Å². The van der Waals surface area contributed by atoms with Crippen molar-refractivity contribution >= 4 is 17.6 Å². The van der Waals surface area contributed by atoms with Crippen LogP contribution in [0.5, 0.6) is 5.75 Å². The third-order valence-electron chi connectivity index (χ3n) is 6.21. The molecule has 10 heteroatoms. The smallest absolute Gasteiger partial charge is 0.322 e. The predicted octanol–water partition coefficient (Wildman–Crippen LogP) is 4.66. The van der Waals surface area contributed by atoms with Crippen LogP contribution in [0.25, 0.3) is 33.9 Å². The predicted molar refractivity (Wildman–Crippen MR) is 156 cm³/mol. The molecule has 3 heterocycles.